The molecule has 10 aromatic carbocycles. The van der Waals surface area contributed by atoms with Crippen LogP contribution in [0.4, 0.5) is 17.1 Å². The van der Waals surface area contributed by atoms with Crippen LogP contribution in [-0.4, -0.2) is 4.57 Å². The number of hydrogen-bond donors (Lipinski definition) is 0. The van der Waals surface area contributed by atoms with E-state index in [-0.39, 0.29) is 0 Å². The molecule has 12 rings (SSSR count). The van der Waals surface area contributed by atoms with Crippen molar-refractivity contribution in [3.8, 4) is 50.2 Å². The van der Waals surface area contributed by atoms with Crippen LogP contribution in [0, 0.1) is 0 Å². The van der Waals surface area contributed by atoms with Gasteiger partial charge in [-0.15, -0.1) is 0 Å². The molecular formula is C56H36N2. The molecule has 0 spiro atoms. The first-order chi connectivity index (χ1) is 28.8. The van der Waals surface area contributed by atoms with E-state index in [2.05, 4.69) is 228 Å². The highest BCUT2D eigenvalue weighted by atomic mass is 15.1. The monoisotopic (exact) mass is 736 g/mol. The fourth-order valence-electron chi connectivity index (χ4n) is 9.45. The summed E-state index contributed by atoms with van der Waals surface area (Å²) in [6.07, 6.45) is 0. The van der Waals surface area contributed by atoms with Crippen LogP contribution in [0.1, 0.15) is 0 Å². The lowest BCUT2D eigenvalue weighted by atomic mass is 9.93. The zero-order valence-electron chi connectivity index (χ0n) is 31.7. The zero-order chi connectivity index (χ0) is 38.2. The maximum atomic E-state index is 2.41. The van der Waals surface area contributed by atoms with E-state index < -0.39 is 0 Å². The van der Waals surface area contributed by atoms with Gasteiger partial charge in [0.15, 0.2) is 0 Å². The Hall–Kier alpha value is -7.68. The molecule has 0 bridgehead atoms. The van der Waals surface area contributed by atoms with E-state index in [1.165, 1.54) is 87.9 Å². The first kappa shape index (κ1) is 32.6. The van der Waals surface area contributed by atoms with Gasteiger partial charge in [-0.25, -0.2) is 0 Å². The quantitative estimate of drug-likeness (QED) is 0.165. The van der Waals surface area contributed by atoms with Crippen LogP contribution in [-0.2, 0) is 0 Å². The van der Waals surface area contributed by atoms with Crippen LogP contribution in [0.3, 0.4) is 0 Å². The molecule has 0 aliphatic heterocycles. The Labute approximate surface area is 337 Å². The van der Waals surface area contributed by atoms with E-state index in [4.69, 9.17) is 0 Å². The summed E-state index contributed by atoms with van der Waals surface area (Å²) in [6.45, 7) is 0. The number of benzene rings is 10. The van der Waals surface area contributed by atoms with E-state index in [1.807, 2.05) is 0 Å². The lowest BCUT2D eigenvalue weighted by Gasteiger charge is -2.27. The highest BCUT2D eigenvalue weighted by molar-refractivity contribution is 6.16. The topological polar surface area (TPSA) is 8.17 Å². The van der Waals surface area contributed by atoms with Gasteiger partial charge >= 0.3 is 0 Å². The van der Waals surface area contributed by atoms with Gasteiger partial charge in [0, 0.05) is 33.5 Å². The Bertz CT molecular complexity index is 3370. The van der Waals surface area contributed by atoms with Crippen molar-refractivity contribution in [1.29, 1.82) is 0 Å². The van der Waals surface area contributed by atoms with Gasteiger partial charge in [-0.1, -0.05) is 152 Å². The van der Waals surface area contributed by atoms with Crippen molar-refractivity contribution in [1.82, 2.24) is 4.57 Å². The molecule has 2 nitrogen and oxygen atoms in total. The summed E-state index contributed by atoms with van der Waals surface area (Å²) in [7, 11) is 0. The second-order valence-electron chi connectivity index (χ2n) is 15.3. The summed E-state index contributed by atoms with van der Waals surface area (Å²) >= 11 is 0. The van der Waals surface area contributed by atoms with Crippen LogP contribution in [0.15, 0.2) is 218 Å². The molecule has 270 valence electrons. The normalized spacial score (nSPS) is 11.8. The molecule has 0 N–H and O–H groups in total. The van der Waals surface area contributed by atoms with Gasteiger partial charge in [-0.05, 0) is 133 Å². The highest BCUT2D eigenvalue weighted by Crippen LogP contribution is 2.50. The van der Waals surface area contributed by atoms with Crippen molar-refractivity contribution < 1.29 is 0 Å². The van der Waals surface area contributed by atoms with Gasteiger partial charge in [-0.3, -0.25) is 0 Å². The molecule has 0 radical (unpaired) electrons. The van der Waals surface area contributed by atoms with Crippen molar-refractivity contribution in [2.75, 3.05) is 4.90 Å². The minimum atomic E-state index is 1.11. The smallest absolute Gasteiger partial charge is 0.0547 e. The van der Waals surface area contributed by atoms with Crippen LogP contribution in [0.2, 0.25) is 0 Å². The Morgan fingerprint density at radius 1 is 0.293 bits per heavy atom. The van der Waals surface area contributed by atoms with E-state index >= 15 is 0 Å². The predicted molar refractivity (Wildman–Crippen MR) is 246 cm³/mol. The van der Waals surface area contributed by atoms with Crippen molar-refractivity contribution in [3.63, 3.8) is 0 Å². The highest BCUT2D eigenvalue weighted by Gasteiger charge is 2.24. The van der Waals surface area contributed by atoms with Crippen LogP contribution >= 0.6 is 0 Å². The summed E-state index contributed by atoms with van der Waals surface area (Å²) in [4.78, 5) is 2.40. The lowest BCUT2D eigenvalue weighted by molar-refractivity contribution is 1.18. The number of para-hydroxylation sites is 2. The molecule has 1 aliphatic carbocycles. The molecular weight excluding hydrogens is 701 g/mol. The van der Waals surface area contributed by atoms with Crippen molar-refractivity contribution in [3.05, 3.63) is 218 Å². The van der Waals surface area contributed by atoms with E-state index in [0.29, 0.717) is 0 Å². The third-order valence-electron chi connectivity index (χ3n) is 12.1. The average molecular weight is 737 g/mol. The summed E-state index contributed by atoms with van der Waals surface area (Å²) in [5.74, 6) is 0. The van der Waals surface area contributed by atoms with Gasteiger partial charge in [0.2, 0.25) is 0 Å². The minimum absolute atomic E-state index is 1.11. The molecule has 58 heavy (non-hydrogen) atoms. The molecule has 0 unspecified atom stereocenters. The van der Waals surface area contributed by atoms with Crippen molar-refractivity contribution in [2.24, 2.45) is 0 Å². The molecule has 2 heteroatoms. The minimum Gasteiger partial charge on any atom is -0.310 e. The molecule has 0 fully saturated rings. The summed E-state index contributed by atoms with van der Waals surface area (Å²) in [5, 5.41) is 7.67. The van der Waals surface area contributed by atoms with Crippen molar-refractivity contribution >= 4 is 60.4 Å². The number of nitrogens with zero attached hydrogens (tertiary/aromatic N) is 2. The van der Waals surface area contributed by atoms with Crippen LogP contribution in [0.5, 0.6) is 0 Å². The van der Waals surface area contributed by atoms with Gasteiger partial charge in [-0.2, -0.15) is 0 Å². The number of hydrogen-bond acceptors (Lipinski definition) is 1. The Balaban J connectivity index is 0.996. The molecule has 0 saturated carbocycles. The number of aromatic nitrogens is 1. The SMILES string of the molecule is c1ccc(-c2cc(N(c3ccccc3)c3ccc4c(c3)-c3cccc5cccc-4c35)ccc2-c2ccc(-n3c4ccccc4c4cc5ccccc5cc43)cc2)cc1. The van der Waals surface area contributed by atoms with Crippen LogP contribution < -0.4 is 4.90 Å². The molecule has 1 heterocycles. The fraction of sp³-hybridized carbons (Fsp3) is 0. The third kappa shape index (κ3) is 5.05. The Morgan fingerprint density at radius 3 is 1.64 bits per heavy atom. The van der Waals surface area contributed by atoms with Gasteiger partial charge < -0.3 is 9.47 Å². The Kier molecular flexibility index (Phi) is 7.26. The van der Waals surface area contributed by atoms with E-state index in [1.54, 1.807) is 0 Å². The second-order valence-corrected chi connectivity index (χ2v) is 15.3. The first-order valence-electron chi connectivity index (χ1n) is 20.0. The van der Waals surface area contributed by atoms with Gasteiger partial charge in [0.1, 0.15) is 0 Å². The molecule has 1 aromatic heterocycles. The molecule has 0 atom stereocenters. The predicted octanol–water partition coefficient (Wildman–Crippen LogP) is 15.5. The summed E-state index contributed by atoms with van der Waals surface area (Å²) in [6, 6.07) is 80.0. The maximum absolute atomic E-state index is 2.41. The molecule has 11 aromatic rings. The number of fused-ring (bicyclic) bond motifs is 7. The number of anilines is 3. The summed E-state index contributed by atoms with van der Waals surface area (Å²) in [5.41, 5.74) is 16.9. The Morgan fingerprint density at radius 2 is 0.879 bits per heavy atom. The van der Waals surface area contributed by atoms with E-state index in [9.17, 15) is 0 Å². The lowest BCUT2D eigenvalue weighted by Crippen LogP contribution is -2.10. The zero-order valence-corrected chi connectivity index (χ0v) is 31.7. The maximum Gasteiger partial charge on any atom is 0.0547 e. The standard InChI is InChI=1S/C56H36N2/c1-3-13-37(14-4-1)51-35-44(57(42-19-5-2-6-20-42)45-30-32-47-49-22-11-17-39-18-12-23-50(56(39)49)52(47)36-45)29-31-46(51)38-25-27-43(28-26-38)58-54-24-10-9-21-48(54)53-33-40-15-7-8-16-41(40)34-55(53)58/h1-36H. The van der Waals surface area contributed by atoms with E-state index in [0.717, 1.165) is 22.7 Å². The van der Waals surface area contributed by atoms with Gasteiger partial charge in [0.05, 0.1) is 11.0 Å². The molecule has 1 aliphatic rings. The third-order valence-corrected chi connectivity index (χ3v) is 12.1. The largest absolute Gasteiger partial charge is 0.310 e. The average Bonchev–Trinajstić information content (AvgIpc) is 3.79. The van der Waals surface area contributed by atoms with Crippen LogP contribution in [0.25, 0.3) is 93.5 Å². The summed E-state index contributed by atoms with van der Waals surface area (Å²) < 4.78 is 2.41. The molecule has 0 amide bonds. The molecule has 0 saturated heterocycles. The van der Waals surface area contributed by atoms with Crippen molar-refractivity contribution in [2.45, 2.75) is 0 Å². The second kappa shape index (κ2) is 12.9. The first-order valence-corrected chi connectivity index (χ1v) is 20.0. The number of rotatable bonds is 6. The van der Waals surface area contributed by atoms with Gasteiger partial charge in [0.25, 0.3) is 0 Å². The fourth-order valence-corrected chi connectivity index (χ4v) is 9.45.